The fourth-order valence-electron chi connectivity index (χ4n) is 4.97. The molecule has 0 radical (unpaired) electrons. The Hall–Kier alpha value is -3.73. The molecular formula is C29H27F6N5. The fourth-order valence-corrected chi connectivity index (χ4v) is 4.97. The summed E-state index contributed by atoms with van der Waals surface area (Å²) in [6.45, 7) is 3.72. The van der Waals surface area contributed by atoms with Gasteiger partial charge in [0.1, 0.15) is 11.6 Å². The van der Waals surface area contributed by atoms with Gasteiger partial charge in [-0.25, -0.2) is 9.97 Å². The average Bonchev–Trinajstić information content (AvgIpc) is 3.21. The SMILES string of the molecule is CC(c1nc(Nc2ccc(C(F)(F)F)cc2)c2ccc(-c3ncccc3C(F)(F)F)cc2n1)N1CCCCCC1. The van der Waals surface area contributed by atoms with Crippen LogP contribution in [0.2, 0.25) is 0 Å². The zero-order valence-electron chi connectivity index (χ0n) is 21.7. The molecule has 5 rings (SSSR count). The van der Waals surface area contributed by atoms with Crippen molar-refractivity contribution in [1.82, 2.24) is 19.9 Å². The molecule has 0 spiro atoms. The molecule has 4 aromatic rings. The van der Waals surface area contributed by atoms with E-state index in [0.29, 0.717) is 28.2 Å². The topological polar surface area (TPSA) is 53.9 Å². The van der Waals surface area contributed by atoms with Crippen molar-refractivity contribution in [1.29, 1.82) is 0 Å². The van der Waals surface area contributed by atoms with Crippen LogP contribution in [0.15, 0.2) is 60.8 Å². The van der Waals surface area contributed by atoms with E-state index < -0.39 is 23.5 Å². The van der Waals surface area contributed by atoms with E-state index in [4.69, 9.17) is 9.97 Å². The summed E-state index contributed by atoms with van der Waals surface area (Å²) in [6, 6.07) is 11.3. The minimum Gasteiger partial charge on any atom is -0.340 e. The van der Waals surface area contributed by atoms with Crippen molar-refractivity contribution in [3.8, 4) is 11.3 Å². The number of pyridine rings is 1. The third kappa shape index (κ3) is 6.04. The highest BCUT2D eigenvalue weighted by atomic mass is 19.4. The Labute approximate surface area is 227 Å². The number of halogens is 6. The largest absolute Gasteiger partial charge is 0.418 e. The highest BCUT2D eigenvalue weighted by molar-refractivity contribution is 5.93. The number of anilines is 2. The third-order valence-corrected chi connectivity index (χ3v) is 7.14. The maximum Gasteiger partial charge on any atom is 0.418 e. The molecule has 0 saturated carbocycles. The summed E-state index contributed by atoms with van der Waals surface area (Å²) in [7, 11) is 0. The molecule has 3 heterocycles. The Kier molecular flexibility index (Phi) is 7.67. The first-order valence-corrected chi connectivity index (χ1v) is 13.0. The molecule has 1 unspecified atom stereocenters. The molecule has 0 aliphatic carbocycles. The van der Waals surface area contributed by atoms with Crippen molar-refractivity contribution in [2.24, 2.45) is 0 Å². The Morgan fingerprint density at radius 3 is 2.17 bits per heavy atom. The van der Waals surface area contributed by atoms with Gasteiger partial charge in [-0.05, 0) is 81.4 Å². The maximum absolute atomic E-state index is 13.7. The number of hydrogen-bond donors (Lipinski definition) is 1. The van der Waals surface area contributed by atoms with Gasteiger partial charge in [0.25, 0.3) is 0 Å². The summed E-state index contributed by atoms with van der Waals surface area (Å²) < 4.78 is 80.3. The van der Waals surface area contributed by atoms with Crippen molar-refractivity contribution in [3.05, 3.63) is 77.7 Å². The summed E-state index contributed by atoms with van der Waals surface area (Å²) >= 11 is 0. The van der Waals surface area contributed by atoms with Crippen LogP contribution in [-0.4, -0.2) is 32.9 Å². The molecule has 2 aromatic heterocycles. The van der Waals surface area contributed by atoms with E-state index >= 15 is 0 Å². The van der Waals surface area contributed by atoms with E-state index in [1.807, 2.05) is 6.92 Å². The van der Waals surface area contributed by atoms with E-state index in [0.717, 1.165) is 57.0 Å². The lowest BCUT2D eigenvalue weighted by Crippen LogP contribution is -2.29. The van der Waals surface area contributed by atoms with Gasteiger partial charge in [-0.1, -0.05) is 18.9 Å². The van der Waals surface area contributed by atoms with Gasteiger partial charge in [-0.3, -0.25) is 9.88 Å². The van der Waals surface area contributed by atoms with E-state index in [1.54, 1.807) is 12.1 Å². The third-order valence-electron chi connectivity index (χ3n) is 7.14. The smallest absolute Gasteiger partial charge is 0.340 e. The fraction of sp³-hybridized carbons (Fsp3) is 0.345. The molecule has 40 heavy (non-hydrogen) atoms. The molecule has 210 valence electrons. The van der Waals surface area contributed by atoms with Crippen LogP contribution in [0.3, 0.4) is 0 Å². The van der Waals surface area contributed by atoms with Crippen molar-refractivity contribution >= 4 is 22.4 Å². The molecule has 11 heteroatoms. The van der Waals surface area contributed by atoms with E-state index in [2.05, 4.69) is 15.2 Å². The molecule has 1 aliphatic rings. The van der Waals surface area contributed by atoms with Crippen LogP contribution in [0.25, 0.3) is 22.2 Å². The first kappa shape index (κ1) is 27.8. The van der Waals surface area contributed by atoms with Gasteiger partial charge >= 0.3 is 12.4 Å². The molecular weight excluding hydrogens is 532 g/mol. The predicted molar refractivity (Wildman–Crippen MR) is 141 cm³/mol. The number of benzene rings is 2. The standard InChI is InChI=1S/C29H27F6N5/c1-18(40-15-4-2-3-5-16-40)26-38-24-17-19(25-23(29(33,34)35)7-6-14-36-25)8-13-22(24)27(39-26)37-21-11-9-20(10-12-21)28(30,31)32/h6-14,17-18H,2-5,15-16H2,1H3,(H,37,38,39). The van der Waals surface area contributed by atoms with Crippen LogP contribution in [0.5, 0.6) is 0 Å². The van der Waals surface area contributed by atoms with Crippen LogP contribution in [0.1, 0.15) is 55.6 Å². The molecule has 1 aliphatic heterocycles. The number of aromatic nitrogens is 3. The molecule has 2 aromatic carbocycles. The highest BCUT2D eigenvalue weighted by Crippen LogP contribution is 2.38. The van der Waals surface area contributed by atoms with Crippen molar-refractivity contribution in [2.45, 2.75) is 51.0 Å². The number of alkyl halides is 6. The van der Waals surface area contributed by atoms with Gasteiger partial charge in [0.05, 0.1) is 28.4 Å². The van der Waals surface area contributed by atoms with Gasteiger partial charge in [0.2, 0.25) is 0 Å². The molecule has 1 atom stereocenters. The zero-order chi connectivity index (χ0) is 28.5. The van der Waals surface area contributed by atoms with E-state index in [1.165, 1.54) is 30.5 Å². The van der Waals surface area contributed by atoms with Gasteiger partial charge in [-0.2, -0.15) is 26.3 Å². The summed E-state index contributed by atoms with van der Waals surface area (Å²) in [6.07, 6.45) is -3.40. The number of rotatable bonds is 5. The molecule has 1 saturated heterocycles. The number of nitrogens with one attached hydrogen (secondary N) is 1. The summed E-state index contributed by atoms with van der Waals surface area (Å²) in [4.78, 5) is 15.8. The number of likely N-dealkylation sites (tertiary alicyclic amines) is 1. The summed E-state index contributed by atoms with van der Waals surface area (Å²) in [5.41, 5.74) is -0.819. The molecule has 1 fully saturated rings. The van der Waals surface area contributed by atoms with Crippen molar-refractivity contribution in [2.75, 3.05) is 18.4 Å². The molecule has 1 N–H and O–H groups in total. The van der Waals surface area contributed by atoms with Gasteiger partial charge < -0.3 is 5.32 Å². The second kappa shape index (κ2) is 11.0. The van der Waals surface area contributed by atoms with Gasteiger partial charge in [0.15, 0.2) is 0 Å². The molecule has 0 bridgehead atoms. The lowest BCUT2D eigenvalue weighted by atomic mass is 10.0. The summed E-state index contributed by atoms with van der Waals surface area (Å²) in [5.74, 6) is 0.822. The second-order valence-electron chi connectivity index (χ2n) is 9.89. The lowest BCUT2D eigenvalue weighted by molar-refractivity contribution is -0.138. The average molecular weight is 560 g/mol. The number of nitrogens with zero attached hydrogens (tertiary/aromatic N) is 4. The Morgan fingerprint density at radius 2 is 1.52 bits per heavy atom. The Balaban J connectivity index is 1.60. The van der Waals surface area contributed by atoms with Crippen LogP contribution in [0.4, 0.5) is 37.8 Å². The minimum absolute atomic E-state index is 0.181. The Bertz CT molecular complexity index is 1480. The number of fused-ring (bicyclic) bond motifs is 1. The Morgan fingerprint density at radius 1 is 0.825 bits per heavy atom. The van der Waals surface area contributed by atoms with E-state index in [-0.39, 0.29) is 17.3 Å². The van der Waals surface area contributed by atoms with Crippen LogP contribution in [-0.2, 0) is 12.4 Å². The molecule has 0 amide bonds. The van der Waals surface area contributed by atoms with Gasteiger partial charge in [-0.15, -0.1) is 0 Å². The molecule has 5 nitrogen and oxygen atoms in total. The maximum atomic E-state index is 13.7. The predicted octanol–water partition coefficient (Wildman–Crippen LogP) is 8.41. The van der Waals surface area contributed by atoms with Gasteiger partial charge in [0, 0.05) is 22.8 Å². The first-order chi connectivity index (χ1) is 19.0. The van der Waals surface area contributed by atoms with Crippen molar-refractivity contribution < 1.29 is 26.3 Å². The zero-order valence-corrected chi connectivity index (χ0v) is 21.7. The second-order valence-corrected chi connectivity index (χ2v) is 9.89. The highest BCUT2D eigenvalue weighted by Gasteiger charge is 2.34. The van der Waals surface area contributed by atoms with Crippen LogP contribution >= 0.6 is 0 Å². The summed E-state index contributed by atoms with van der Waals surface area (Å²) in [5, 5.41) is 3.61. The minimum atomic E-state index is -4.59. The van der Waals surface area contributed by atoms with Crippen LogP contribution < -0.4 is 5.32 Å². The monoisotopic (exact) mass is 559 g/mol. The first-order valence-electron chi connectivity index (χ1n) is 13.0. The number of hydrogen-bond acceptors (Lipinski definition) is 5. The normalized spacial score (nSPS) is 16.1. The lowest BCUT2D eigenvalue weighted by Gasteiger charge is -2.27. The van der Waals surface area contributed by atoms with Crippen molar-refractivity contribution in [3.63, 3.8) is 0 Å². The van der Waals surface area contributed by atoms with Crippen LogP contribution in [0, 0.1) is 0 Å². The quantitative estimate of drug-likeness (QED) is 0.249. The van der Waals surface area contributed by atoms with E-state index in [9.17, 15) is 26.3 Å².